The van der Waals surface area contributed by atoms with Gasteiger partial charge in [-0.3, -0.25) is 0 Å². The minimum atomic E-state index is 0.215. The molecule has 0 radical (unpaired) electrons. The standard InChI is InChI=1S/C21H23N3O/c1-14-9-11-24(12-10-14)21-16-8-7-15(2)13-18(16)22-20(23-21)17-5-3-4-6-19(17)25/h3-8,13-14,25H,9-12H2,1-2H3. The zero-order valence-corrected chi connectivity index (χ0v) is 14.7. The van der Waals surface area contributed by atoms with Crippen LogP contribution in [0.1, 0.15) is 25.3 Å². The molecule has 4 rings (SSSR count). The van der Waals surface area contributed by atoms with Crippen molar-refractivity contribution < 1.29 is 5.11 Å². The Bertz CT molecular complexity index is 914. The van der Waals surface area contributed by atoms with Crippen LogP contribution in [0, 0.1) is 12.8 Å². The number of para-hydroxylation sites is 1. The van der Waals surface area contributed by atoms with E-state index < -0.39 is 0 Å². The first-order valence-corrected chi connectivity index (χ1v) is 8.93. The third-order valence-electron chi connectivity index (χ3n) is 5.06. The fraction of sp³-hybridized carbons (Fsp3) is 0.333. The summed E-state index contributed by atoms with van der Waals surface area (Å²) in [5, 5.41) is 11.3. The molecule has 25 heavy (non-hydrogen) atoms. The number of aryl methyl sites for hydroxylation is 1. The van der Waals surface area contributed by atoms with E-state index in [0.717, 1.165) is 35.7 Å². The van der Waals surface area contributed by atoms with Gasteiger partial charge >= 0.3 is 0 Å². The number of hydrogen-bond donors (Lipinski definition) is 1. The molecule has 4 nitrogen and oxygen atoms in total. The maximum Gasteiger partial charge on any atom is 0.165 e. The van der Waals surface area contributed by atoms with Gasteiger partial charge in [-0.05, 0) is 55.5 Å². The van der Waals surface area contributed by atoms with Crippen LogP contribution in [0.25, 0.3) is 22.3 Å². The molecule has 4 heteroatoms. The van der Waals surface area contributed by atoms with E-state index in [1.54, 1.807) is 6.07 Å². The van der Waals surface area contributed by atoms with Crippen LogP contribution in [-0.2, 0) is 0 Å². The summed E-state index contributed by atoms with van der Waals surface area (Å²) in [5.74, 6) is 2.55. The van der Waals surface area contributed by atoms with E-state index in [9.17, 15) is 5.11 Å². The van der Waals surface area contributed by atoms with Crippen LogP contribution >= 0.6 is 0 Å². The minimum absolute atomic E-state index is 0.215. The predicted octanol–water partition coefficient (Wildman–Crippen LogP) is 4.55. The molecule has 1 saturated heterocycles. The molecule has 1 aliphatic heterocycles. The molecule has 0 bridgehead atoms. The largest absolute Gasteiger partial charge is 0.507 e. The van der Waals surface area contributed by atoms with Crippen molar-refractivity contribution in [1.82, 2.24) is 9.97 Å². The number of anilines is 1. The Morgan fingerprint density at radius 1 is 1.04 bits per heavy atom. The first-order valence-electron chi connectivity index (χ1n) is 8.93. The average Bonchev–Trinajstić information content (AvgIpc) is 2.61. The zero-order chi connectivity index (χ0) is 17.4. The number of nitrogens with zero attached hydrogens (tertiary/aromatic N) is 3. The molecule has 1 N–H and O–H groups in total. The third kappa shape index (κ3) is 3.04. The van der Waals surface area contributed by atoms with Crippen molar-refractivity contribution in [2.45, 2.75) is 26.7 Å². The molecule has 0 unspecified atom stereocenters. The molecule has 3 aromatic rings. The van der Waals surface area contributed by atoms with Crippen LogP contribution < -0.4 is 4.90 Å². The number of hydrogen-bond acceptors (Lipinski definition) is 4. The normalized spacial score (nSPS) is 15.7. The van der Waals surface area contributed by atoms with Gasteiger partial charge in [0.1, 0.15) is 11.6 Å². The van der Waals surface area contributed by atoms with Gasteiger partial charge in [-0.25, -0.2) is 9.97 Å². The second-order valence-electron chi connectivity index (χ2n) is 7.08. The molecular formula is C21H23N3O. The van der Waals surface area contributed by atoms with Gasteiger partial charge < -0.3 is 10.0 Å². The molecule has 1 aromatic heterocycles. The van der Waals surface area contributed by atoms with Crippen molar-refractivity contribution in [2.24, 2.45) is 5.92 Å². The number of rotatable bonds is 2. The third-order valence-corrected chi connectivity index (χ3v) is 5.06. The van der Waals surface area contributed by atoms with Crippen LogP contribution in [0.5, 0.6) is 5.75 Å². The maximum absolute atomic E-state index is 10.2. The molecule has 2 aromatic carbocycles. The highest BCUT2D eigenvalue weighted by atomic mass is 16.3. The summed E-state index contributed by atoms with van der Waals surface area (Å²) in [6, 6.07) is 13.6. The van der Waals surface area contributed by atoms with Crippen LogP contribution in [-0.4, -0.2) is 28.2 Å². The first kappa shape index (κ1) is 15.9. The topological polar surface area (TPSA) is 49.2 Å². The number of piperidine rings is 1. The number of aromatic nitrogens is 2. The summed E-state index contributed by atoms with van der Waals surface area (Å²) < 4.78 is 0. The highest BCUT2D eigenvalue weighted by molar-refractivity contribution is 5.91. The van der Waals surface area contributed by atoms with Gasteiger partial charge in [0.15, 0.2) is 5.82 Å². The van der Waals surface area contributed by atoms with E-state index >= 15 is 0 Å². The second kappa shape index (κ2) is 6.36. The molecule has 0 spiro atoms. The molecule has 0 amide bonds. The summed E-state index contributed by atoms with van der Waals surface area (Å²) in [6.07, 6.45) is 2.37. The van der Waals surface area contributed by atoms with E-state index in [2.05, 4.69) is 36.9 Å². The smallest absolute Gasteiger partial charge is 0.165 e. The van der Waals surface area contributed by atoms with Gasteiger partial charge in [0.2, 0.25) is 0 Å². The van der Waals surface area contributed by atoms with E-state index in [1.165, 1.54) is 18.4 Å². The zero-order valence-electron chi connectivity index (χ0n) is 14.7. The number of phenols is 1. The van der Waals surface area contributed by atoms with Crippen LogP contribution in [0.3, 0.4) is 0 Å². The molecule has 0 saturated carbocycles. The van der Waals surface area contributed by atoms with Gasteiger partial charge in [0, 0.05) is 18.5 Å². The Morgan fingerprint density at radius 2 is 1.80 bits per heavy atom. The minimum Gasteiger partial charge on any atom is -0.507 e. The molecular weight excluding hydrogens is 310 g/mol. The average molecular weight is 333 g/mol. The fourth-order valence-corrected chi connectivity index (χ4v) is 3.47. The van der Waals surface area contributed by atoms with Crippen LogP contribution in [0.2, 0.25) is 0 Å². The Kier molecular flexibility index (Phi) is 4.04. The quantitative estimate of drug-likeness (QED) is 0.747. The van der Waals surface area contributed by atoms with Gasteiger partial charge in [0.25, 0.3) is 0 Å². The summed E-state index contributed by atoms with van der Waals surface area (Å²) in [6.45, 7) is 6.42. The molecule has 128 valence electrons. The Balaban J connectivity index is 1.89. The van der Waals surface area contributed by atoms with Crippen molar-refractivity contribution in [3.8, 4) is 17.1 Å². The van der Waals surface area contributed by atoms with Crippen molar-refractivity contribution in [3.05, 3.63) is 48.0 Å². The van der Waals surface area contributed by atoms with Crippen molar-refractivity contribution in [1.29, 1.82) is 0 Å². The monoisotopic (exact) mass is 333 g/mol. The second-order valence-corrected chi connectivity index (χ2v) is 7.08. The van der Waals surface area contributed by atoms with Crippen molar-refractivity contribution in [2.75, 3.05) is 18.0 Å². The molecule has 1 aliphatic rings. The first-order chi connectivity index (χ1) is 12.1. The van der Waals surface area contributed by atoms with Crippen molar-refractivity contribution in [3.63, 3.8) is 0 Å². The van der Waals surface area contributed by atoms with Gasteiger partial charge in [-0.2, -0.15) is 0 Å². The molecule has 2 heterocycles. The van der Waals surface area contributed by atoms with E-state index in [0.29, 0.717) is 11.4 Å². The summed E-state index contributed by atoms with van der Waals surface area (Å²) >= 11 is 0. The maximum atomic E-state index is 10.2. The molecule has 0 aliphatic carbocycles. The van der Waals surface area contributed by atoms with Gasteiger partial charge in [-0.1, -0.05) is 25.1 Å². The van der Waals surface area contributed by atoms with E-state index in [-0.39, 0.29) is 5.75 Å². The summed E-state index contributed by atoms with van der Waals surface area (Å²) in [5.41, 5.74) is 2.78. The van der Waals surface area contributed by atoms with E-state index in [1.807, 2.05) is 18.2 Å². The summed E-state index contributed by atoms with van der Waals surface area (Å²) in [4.78, 5) is 12.0. The summed E-state index contributed by atoms with van der Waals surface area (Å²) in [7, 11) is 0. The molecule has 1 fully saturated rings. The van der Waals surface area contributed by atoms with E-state index in [4.69, 9.17) is 9.97 Å². The number of aromatic hydroxyl groups is 1. The van der Waals surface area contributed by atoms with Gasteiger partial charge in [-0.15, -0.1) is 0 Å². The number of benzene rings is 2. The number of fused-ring (bicyclic) bond motifs is 1. The van der Waals surface area contributed by atoms with Gasteiger partial charge in [0.05, 0.1) is 11.1 Å². The Hall–Kier alpha value is -2.62. The Morgan fingerprint density at radius 3 is 2.56 bits per heavy atom. The van der Waals surface area contributed by atoms with Crippen molar-refractivity contribution >= 4 is 16.7 Å². The predicted molar refractivity (Wildman–Crippen MR) is 102 cm³/mol. The lowest BCUT2D eigenvalue weighted by molar-refractivity contribution is 0.437. The SMILES string of the molecule is Cc1ccc2c(N3CCC(C)CC3)nc(-c3ccccc3O)nc2c1. The van der Waals surface area contributed by atoms with Crippen LogP contribution in [0.4, 0.5) is 5.82 Å². The Labute approximate surface area is 148 Å². The molecule has 0 atom stereocenters. The number of phenolic OH excluding ortho intramolecular Hbond substituents is 1. The lowest BCUT2D eigenvalue weighted by atomic mass is 9.99. The fourth-order valence-electron chi connectivity index (χ4n) is 3.47. The highest BCUT2D eigenvalue weighted by Gasteiger charge is 2.21. The highest BCUT2D eigenvalue weighted by Crippen LogP contribution is 2.33. The lowest BCUT2D eigenvalue weighted by Crippen LogP contribution is -2.33. The van der Waals surface area contributed by atoms with Crippen LogP contribution in [0.15, 0.2) is 42.5 Å². The lowest BCUT2D eigenvalue weighted by Gasteiger charge is -2.32.